The normalized spacial score (nSPS) is 23.4. The summed E-state index contributed by atoms with van der Waals surface area (Å²) in [5, 5.41) is 13.4. The smallest absolute Gasteiger partial charge is 0.214 e. The lowest BCUT2D eigenvalue weighted by atomic mass is 9.96. The van der Waals surface area contributed by atoms with Crippen molar-refractivity contribution in [2.24, 2.45) is 5.73 Å². The maximum atomic E-state index is 6.03. The van der Waals surface area contributed by atoms with Crippen molar-refractivity contribution in [3.8, 4) is 5.69 Å². The van der Waals surface area contributed by atoms with Gasteiger partial charge in [-0.05, 0) is 41.8 Å². The maximum absolute atomic E-state index is 6.03. The molecule has 6 heteroatoms. The molecule has 100 valence electrons. The third-order valence-corrected chi connectivity index (χ3v) is 4.61. The van der Waals surface area contributed by atoms with Gasteiger partial charge in [0.05, 0.1) is 5.69 Å². The Labute approximate surface area is 116 Å². The van der Waals surface area contributed by atoms with Gasteiger partial charge in [-0.15, -0.1) is 5.10 Å². The number of hydrogen-bond acceptors (Lipinski definition) is 5. The number of para-hydroxylation sites is 1. The molecule has 1 saturated carbocycles. The third-order valence-electron chi connectivity index (χ3n) is 3.38. The van der Waals surface area contributed by atoms with E-state index in [1.54, 1.807) is 16.4 Å². The Hall–Kier alpha value is -1.40. The lowest BCUT2D eigenvalue weighted by Gasteiger charge is -2.25. The summed E-state index contributed by atoms with van der Waals surface area (Å²) in [6.07, 6.45) is 4.58. The van der Waals surface area contributed by atoms with Gasteiger partial charge >= 0.3 is 0 Å². The lowest BCUT2D eigenvalue weighted by molar-refractivity contribution is 0.450. The molecular formula is C13H17N5S. The van der Waals surface area contributed by atoms with Crippen molar-refractivity contribution in [2.75, 3.05) is 0 Å². The highest BCUT2D eigenvalue weighted by molar-refractivity contribution is 7.99. The van der Waals surface area contributed by atoms with Crippen LogP contribution in [0.5, 0.6) is 0 Å². The summed E-state index contributed by atoms with van der Waals surface area (Å²) in [7, 11) is 0. The van der Waals surface area contributed by atoms with Gasteiger partial charge in [0.15, 0.2) is 0 Å². The largest absolute Gasteiger partial charge is 0.328 e. The summed E-state index contributed by atoms with van der Waals surface area (Å²) < 4.78 is 1.80. The van der Waals surface area contributed by atoms with E-state index in [2.05, 4.69) is 15.5 Å². The van der Waals surface area contributed by atoms with E-state index in [4.69, 9.17) is 5.73 Å². The fourth-order valence-corrected chi connectivity index (χ4v) is 3.67. The van der Waals surface area contributed by atoms with Crippen molar-refractivity contribution in [1.29, 1.82) is 0 Å². The zero-order chi connectivity index (χ0) is 13.1. The van der Waals surface area contributed by atoms with E-state index < -0.39 is 0 Å². The first-order valence-electron chi connectivity index (χ1n) is 6.59. The van der Waals surface area contributed by atoms with Crippen LogP contribution < -0.4 is 5.73 Å². The van der Waals surface area contributed by atoms with Gasteiger partial charge in [-0.2, -0.15) is 4.68 Å². The molecule has 0 saturated heterocycles. The molecule has 1 aromatic carbocycles. The SMILES string of the molecule is NC1CCCC(Sc2nnnn2-c2ccccc2)C1. The van der Waals surface area contributed by atoms with Gasteiger partial charge in [-0.25, -0.2) is 0 Å². The average molecular weight is 275 g/mol. The Bertz CT molecular complexity index is 527. The van der Waals surface area contributed by atoms with Crippen molar-refractivity contribution in [3.63, 3.8) is 0 Å². The second kappa shape index (κ2) is 5.71. The Morgan fingerprint density at radius 3 is 2.84 bits per heavy atom. The summed E-state index contributed by atoms with van der Waals surface area (Å²) in [4.78, 5) is 0. The fourth-order valence-electron chi connectivity index (χ4n) is 2.42. The highest BCUT2D eigenvalue weighted by Gasteiger charge is 2.22. The molecule has 2 atom stereocenters. The van der Waals surface area contributed by atoms with Crippen LogP contribution in [0.3, 0.4) is 0 Å². The average Bonchev–Trinajstić information content (AvgIpc) is 2.88. The molecule has 0 bridgehead atoms. The minimum absolute atomic E-state index is 0.326. The molecule has 2 N–H and O–H groups in total. The third kappa shape index (κ3) is 2.96. The van der Waals surface area contributed by atoms with Gasteiger partial charge in [0.25, 0.3) is 0 Å². The van der Waals surface area contributed by atoms with E-state index >= 15 is 0 Å². The minimum atomic E-state index is 0.326. The van der Waals surface area contributed by atoms with Gasteiger partial charge in [0.1, 0.15) is 0 Å². The van der Waals surface area contributed by atoms with E-state index in [0.717, 1.165) is 23.7 Å². The van der Waals surface area contributed by atoms with E-state index in [9.17, 15) is 0 Å². The molecule has 0 amide bonds. The van der Waals surface area contributed by atoms with Crippen LogP contribution in [0.15, 0.2) is 35.5 Å². The van der Waals surface area contributed by atoms with Crippen LogP contribution in [0.4, 0.5) is 0 Å². The van der Waals surface area contributed by atoms with Gasteiger partial charge in [-0.1, -0.05) is 36.4 Å². The van der Waals surface area contributed by atoms with Crippen molar-refractivity contribution < 1.29 is 0 Å². The molecule has 2 unspecified atom stereocenters. The van der Waals surface area contributed by atoms with Crippen LogP contribution in [0.1, 0.15) is 25.7 Å². The van der Waals surface area contributed by atoms with Crippen molar-refractivity contribution in [1.82, 2.24) is 20.2 Å². The number of nitrogens with zero attached hydrogens (tertiary/aromatic N) is 4. The summed E-state index contributed by atoms with van der Waals surface area (Å²) in [5.41, 5.74) is 7.03. The van der Waals surface area contributed by atoms with E-state index in [-0.39, 0.29) is 0 Å². The van der Waals surface area contributed by atoms with Crippen molar-refractivity contribution in [3.05, 3.63) is 30.3 Å². The van der Waals surface area contributed by atoms with Crippen LogP contribution in [-0.2, 0) is 0 Å². The zero-order valence-electron chi connectivity index (χ0n) is 10.6. The first kappa shape index (κ1) is 12.6. The van der Waals surface area contributed by atoms with E-state index in [0.29, 0.717) is 11.3 Å². The molecule has 1 aliphatic rings. The molecule has 1 aliphatic carbocycles. The first-order chi connectivity index (χ1) is 9.33. The standard InChI is InChI=1S/C13H17N5S/c14-10-5-4-8-12(9-10)19-13-15-16-17-18(13)11-6-2-1-3-7-11/h1-3,6-7,10,12H,4-5,8-9,14H2. The van der Waals surface area contributed by atoms with Gasteiger partial charge in [0, 0.05) is 11.3 Å². The predicted octanol–water partition coefficient (Wildman–Crippen LogP) is 2.02. The summed E-state index contributed by atoms with van der Waals surface area (Å²) in [6.45, 7) is 0. The Balaban J connectivity index is 1.77. The molecule has 5 nitrogen and oxygen atoms in total. The van der Waals surface area contributed by atoms with Crippen molar-refractivity contribution in [2.45, 2.75) is 42.1 Å². The van der Waals surface area contributed by atoms with Crippen LogP contribution in [-0.4, -0.2) is 31.5 Å². The Morgan fingerprint density at radius 2 is 2.05 bits per heavy atom. The number of nitrogens with two attached hydrogens (primary N) is 1. The molecule has 0 radical (unpaired) electrons. The van der Waals surface area contributed by atoms with E-state index in [1.807, 2.05) is 30.3 Å². The highest BCUT2D eigenvalue weighted by Crippen LogP contribution is 2.32. The second-order valence-corrected chi connectivity index (χ2v) is 6.14. The van der Waals surface area contributed by atoms with Crippen LogP contribution >= 0.6 is 11.8 Å². The molecule has 1 fully saturated rings. The highest BCUT2D eigenvalue weighted by atomic mass is 32.2. The molecule has 2 aromatic rings. The van der Waals surface area contributed by atoms with Crippen molar-refractivity contribution >= 4 is 11.8 Å². The number of hydrogen-bond donors (Lipinski definition) is 1. The molecule has 0 spiro atoms. The van der Waals surface area contributed by atoms with Gasteiger partial charge in [-0.3, -0.25) is 0 Å². The first-order valence-corrected chi connectivity index (χ1v) is 7.47. The molecule has 1 heterocycles. The lowest BCUT2D eigenvalue weighted by Crippen LogP contribution is -2.29. The summed E-state index contributed by atoms with van der Waals surface area (Å²) >= 11 is 1.74. The quantitative estimate of drug-likeness (QED) is 0.928. The molecule has 3 rings (SSSR count). The summed E-state index contributed by atoms with van der Waals surface area (Å²) in [6, 6.07) is 10.3. The molecule has 19 heavy (non-hydrogen) atoms. The maximum Gasteiger partial charge on any atom is 0.214 e. The molecule has 0 aliphatic heterocycles. The number of aromatic nitrogens is 4. The number of benzene rings is 1. The van der Waals surface area contributed by atoms with Crippen LogP contribution in [0, 0.1) is 0 Å². The zero-order valence-corrected chi connectivity index (χ0v) is 11.5. The topological polar surface area (TPSA) is 69.6 Å². The second-order valence-electron chi connectivity index (χ2n) is 4.88. The monoisotopic (exact) mass is 275 g/mol. The van der Waals surface area contributed by atoms with E-state index in [1.165, 1.54) is 12.8 Å². The predicted molar refractivity (Wildman–Crippen MR) is 75.2 cm³/mol. The molecular weight excluding hydrogens is 258 g/mol. The minimum Gasteiger partial charge on any atom is -0.328 e. The fraction of sp³-hybridized carbons (Fsp3) is 0.462. The van der Waals surface area contributed by atoms with Gasteiger partial charge < -0.3 is 5.73 Å². The molecule has 1 aromatic heterocycles. The summed E-state index contributed by atoms with van der Waals surface area (Å²) in [5.74, 6) is 0. The number of tetrazole rings is 1. The number of thioether (sulfide) groups is 1. The van der Waals surface area contributed by atoms with Gasteiger partial charge in [0.2, 0.25) is 5.16 Å². The Kier molecular flexibility index (Phi) is 3.79. The Morgan fingerprint density at radius 1 is 1.21 bits per heavy atom. The number of rotatable bonds is 3. The van der Waals surface area contributed by atoms with Crippen LogP contribution in [0.2, 0.25) is 0 Å². The van der Waals surface area contributed by atoms with Crippen LogP contribution in [0.25, 0.3) is 5.69 Å².